The summed E-state index contributed by atoms with van der Waals surface area (Å²) in [6.45, 7) is 1.28. The number of hydrogen-bond donors (Lipinski definition) is 0. The maximum Gasteiger partial charge on any atom is 0.348 e. The minimum Gasteiger partial charge on any atom is -0.493 e. The lowest BCUT2D eigenvalue weighted by atomic mass is 10.1. The van der Waals surface area contributed by atoms with Gasteiger partial charge in [-0.1, -0.05) is 6.07 Å². The van der Waals surface area contributed by atoms with E-state index in [1.54, 1.807) is 12.1 Å². The molecule has 1 saturated heterocycles. The van der Waals surface area contributed by atoms with Crippen LogP contribution in [-0.4, -0.2) is 30.8 Å². The molecule has 2 fully saturated rings. The lowest BCUT2D eigenvalue weighted by Crippen LogP contribution is -2.44. The Morgan fingerprint density at radius 3 is 2.32 bits per heavy atom. The van der Waals surface area contributed by atoms with E-state index in [0.29, 0.717) is 24.2 Å². The lowest BCUT2D eigenvalue weighted by molar-refractivity contribution is -0.232. The highest BCUT2D eigenvalue weighted by atomic mass is 16.7. The summed E-state index contributed by atoms with van der Waals surface area (Å²) in [6.07, 6.45) is 4.14. The van der Waals surface area contributed by atoms with Gasteiger partial charge in [0, 0.05) is 19.8 Å². The van der Waals surface area contributed by atoms with Crippen molar-refractivity contribution in [3.8, 4) is 11.5 Å². The number of hydrogen-bond acceptors (Lipinski definition) is 7. The number of ether oxygens (including phenoxy) is 4. The van der Waals surface area contributed by atoms with Crippen molar-refractivity contribution in [2.24, 2.45) is 0 Å². The Morgan fingerprint density at radius 1 is 1.12 bits per heavy atom. The van der Waals surface area contributed by atoms with Crippen LogP contribution in [0.5, 0.6) is 11.5 Å². The zero-order valence-electron chi connectivity index (χ0n) is 14.0. The Morgan fingerprint density at radius 2 is 1.76 bits per heavy atom. The Hall–Kier alpha value is -2.83. The lowest BCUT2D eigenvalue weighted by Gasteiger charge is -2.32. The number of rotatable bonds is 3. The maximum absolute atomic E-state index is 12.2. The van der Waals surface area contributed by atoms with Gasteiger partial charge in [-0.25, -0.2) is 9.59 Å². The molecule has 0 aromatic heterocycles. The van der Waals surface area contributed by atoms with Crippen LogP contribution in [0, 0.1) is 0 Å². The number of methoxy groups -OCH3 is 1. The molecule has 7 heteroatoms. The summed E-state index contributed by atoms with van der Waals surface area (Å²) in [6, 6.07) is 4.66. The van der Waals surface area contributed by atoms with Crippen LogP contribution < -0.4 is 9.47 Å². The Labute approximate surface area is 144 Å². The fourth-order valence-corrected chi connectivity index (χ4v) is 2.97. The van der Waals surface area contributed by atoms with Crippen LogP contribution in [0.15, 0.2) is 23.8 Å². The van der Waals surface area contributed by atoms with Gasteiger partial charge in [-0.2, -0.15) is 0 Å². The Bertz CT molecular complexity index is 735. The third-order valence-corrected chi connectivity index (χ3v) is 4.11. The van der Waals surface area contributed by atoms with E-state index in [0.717, 1.165) is 12.8 Å². The third kappa shape index (κ3) is 3.50. The molecule has 25 heavy (non-hydrogen) atoms. The number of carbonyl (C=O) groups excluding carboxylic acids is 3. The van der Waals surface area contributed by atoms with Crippen LogP contribution in [0.25, 0.3) is 6.08 Å². The van der Waals surface area contributed by atoms with Gasteiger partial charge in [-0.3, -0.25) is 4.79 Å². The Balaban J connectivity index is 1.86. The van der Waals surface area contributed by atoms with E-state index >= 15 is 0 Å². The molecule has 1 aliphatic heterocycles. The third-order valence-electron chi connectivity index (χ3n) is 4.11. The van der Waals surface area contributed by atoms with Crippen LogP contribution in [0.1, 0.15) is 38.2 Å². The molecule has 1 spiro atoms. The van der Waals surface area contributed by atoms with Crippen LogP contribution in [0.2, 0.25) is 0 Å². The molecular formula is C18H18O7. The molecule has 1 aliphatic carbocycles. The highest BCUT2D eigenvalue weighted by Crippen LogP contribution is 2.39. The molecule has 0 bridgehead atoms. The minimum atomic E-state index is -1.09. The van der Waals surface area contributed by atoms with E-state index in [2.05, 4.69) is 0 Å². The average molecular weight is 346 g/mol. The van der Waals surface area contributed by atoms with Gasteiger partial charge in [0.2, 0.25) is 0 Å². The van der Waals surface area contributed by atoms with Gasteiger partial charge in [-0.05, 0) is 36.6 Å². The van der Waals surface area contributed by atoms with Gasteiger partial charge < -0.3 is 18.9 Å². The predicted octanol–water partition coefficient (Wildman–Crippen LogP) is 2.37. The second-order valence-corrected chi connectivity index (χ2v) is 5.96. The van der Waals surface area contributed by atoms with Gasteiger partial charge in [0.1, 0.15) is 5.57 Å². The topological polar surface area (TPSA) is 88.1 Å². The van der Waals surface area contributed by atoms with E-state index < -0.39 is 23.7 Å². The standard InChI is InChI=1S/C18H18O7/c1-11(19)23-14-6-5-12(10-15(14)22-2)9-13-16(20)24-18(25-17(13)21)7-3-4-8-18/h5-6,9-10H,3-4,7-8H2,1-2H3. The van der Waals surface area contributed by atoms with Crippen LogP contribution in [-0.2, 0) is 23.9 Å². The van der Waals surface area contributed by atoms with Crippen molar-refractivity contribution < 1.29 is 33.3 Å². The zero-order valence-corrected chi connectivity index (χ0v) is 14.0. The summed E-state index contributed by atoms with van der Waals surface area (Å²) in [4.78, 5) is 35.6. The molecule has 1 aromatic carbocycles. The predicted molar refractivity (Wildman–Crippen MR) is 85.7 cm³/mol. The molecule has 0 atom stereocenters. The molecule has 2 aliphatic rings. The molecule has 1 aromatic rings. The van der Waals surface area contributed by atoms with Crippen molar-refractivity contribution in [1.82, 2.24) is 0 Å². The number of benzene rings is 1. The van der Waals surface area contributed by atoms with Crippen molar-refractivity contribution in [3.05, 3.63) is 29.3 Å². The van der Waals surface area contributed by atoms with Gasteiger partial charge in [0.15, 0.2) is 11.5 Å². The fraction of sp³-hybridized carbons (Fsp3) is 0.389. The van der Waals surface area contributed by atoms with E-state index in [4.69, 9.17) is 18.9 Å². The summed E-state index contributed by atoms with van der Waals surface area (Å²) >= 11 is 0. The van der Waals surface area contributed by atoms with E-state index in [9.17, 15) is 14.4 Å². The molecule has 0 amide bonds. The largest absolute Gasteiger partial charge is 0.493 e. The first-order chi connectivity index (χ1) is 11.9. The second-order valence-electron chi connectivity index (χ2n) is 5.96. The summed E-state index contributed by atoms with van der Waals surface area (Å²) in [7, 11) is 1.42. The molecule has 1 saturated carbocycles. The van der Waals surface area contributed by atoms with Crippen LogP contribution in [0.3, 0.4) is 0 Å². The molecule has 0 radical (unpaired) electrons. The van der Waals surface area contributed by atoms with E-state index in [1.807, 2.05) is 0 Å². The zero-order chi connectivity index (χ0) is 18.0. The van der Waals surface area contributed by atoms with Gasteiger partial charge >= 0.3 is 17.9 Å². The first kappa shape index (κ1) is 17.0. The molecule has 3 rings (SSSR count). The number of esters is 3. The minimum absolute atomic E-state index is 0.181. The molecule has 1 heterocycles. The van der Waals surface area contributed by atoms with Crippen LogP contribution in [0.4, 0.5) is 0 Å². The molecular weight excluding hydrogens is 328 g/mol. The molecule has 132 valence electrons. The molecule has 7 nitrogen and oxygen atoms in total. The average Bonchev–Trinajstić information content (AvgIpc) is 2.99. The Kier molecular flexibility index (Phi) is 4.48. The summed E-state index contributed by atoms with van der Waals surface area (Å²) in [5.74, 6) is -2.42. The molecule has 0 N–H and O–H groups in total. The van der Waals surface area contributed by atoms with E-state index in [-0.39, 0.29) is 11.3 Å². The quantitative estimate of drug-likeness (QED) is 0.359. The summed E-state index contributed by atoms with van der Waals surface area (Å²) in [5, 5.41) is 0. The smallest absolute Gasteiger partial charge is 0.348 e. The SMILES string of the molecule is COc1cc(C=C2C(=O)OC3(CCCC3)OC2=O)ccc1OC(C)=O. The van der Waals surface area contributed by atoms with E-state index in [1.165, 1.54) is 26.2 Å². The normalized spacial score (nSPS) is 18.6. The number of carbonyl (C=O) groups is 3. The highest BCUT2D eigenvalue weighted by molar-refractivity contribution is 6.18. The van der Waals surface area contributed by atoms with Crippen molar-refractivity contribution in [3.63, 3.8) is 0 Å². The second kappa shape index (κ2) is 6.58. The molecule has 0 unspecified atom stereocenters. The van der Waals surface area contributed by atoms with Gasteiger partial charge in [0.25, 0.3) is 5.79 Å². The van der Waals surface area contributed by atoms with Crippen molar-refractivity contribution in [1.29, 1.82) is 0 Å². The van der Waals surface area contributed by atoms with Crippen molar-refractivity contribution in [2.75, 3.05) is 7.11 Å². The summed E-state index contributed by atoms with van der Waals surface area (Å²) < 4.78 is 20.9. The van der Waals surface area contributed by atoms with Gasteiger partial charge in [-0.15, -0.1) is 0 Å². The fourth-order valence-electron chi connectivity index (χ4n) is 2.97. The van der Waals surface area contributed by atoms with Crippen molar-refractivity contribution in [2.45, 2.75) is 38.4 Å². The highest BCUT2D eigenvalue weighted by Gasteiger charge is 2.47. The van der Waals surface area contributed by atoms with Gasteiger partial charge in [0.05, 0.1) is 7.11 Å². The van der Waals surface area contributed by atoms with Crippen LogP contribution >= 0.6 is 0 Å². The first-order valence-corrected chi connectivity index (χ1v) is 7.97. The summed E-state index contributed by atoms with van der Waals surface area (Å²) in [5.41, 5.74) is 0.332. The first-order valence-electron chi connectivity index (χ1n) is 7.97. The monoisotopic (exact) mass is 346 g/mol. The maximum atomic E-state index is 12.2. The van der Waals surface area contributed by atoms with Crippen molar-refractivity contribution >= 4 is 24.0 Å².